The van der Waals surface area contributed by atoms with Gasteiger partial charge < -0.3 is 9.29 Å². The van der Waals surface area contributed by atoms with Gasteiger partial charge in [-0.3, -0.25) is 4.79 Å². The Balaban J connectivity index is 1.86. The fraction of sp³-hybridized carbons (Fsp3) is 0.348. The number of hydrogen-bond acceptors (Lipinski definition) is 6. The predicted molar refractivity (Wildman–Crippen MR) is 126 cm³/mol. The summed E-state index contributed by atoms with van der Waals surface area (Å²) in [7, 11) is 0. The van der Waals surface area contributed by atoms with E-state index in [1.54, 1.807) is 6.92 Å². The summed E-state index contributed by atoms with van der Waals surface area (Å²) in [6.45, 7) is 3.91. The van der Waals surface area contributed by atoms with E-state index in [-0.39, 0.29) is 37.6 Å². The second-order valence-electron chi connectivity index (χ2n) is 7.43. The van der Waals surface area contributed by atoms with Crippen molar-refractivity contribution in [3.8, 4) is 0 Å². The minimum absolute atomic E-state index is 0.144. The fourth-order valence-electron chi connectivity index (χ4n) is 3.36. The Hall–Kier alpha value is -2.34. The molecule has 0 bridgehead atoms. The van der Waals surface area contributed by atoms with Gasteiger partial charge in [0.1, 0.15) is 10.8 Å². The molecule has 11 heteroatoms. The van der Waals surface area contributed by atoms with Crippen LogP contribution in [0.1, 0.15) is 36.5 Å². The fourth-order valence-corrected chi connectivity index (χ4v) is 5.82. The minimum atomic E-state index is -4.84. The number of thiophene rings is 1. The van der Waals surface area contributed by atoms with Gasteiger partial charge in [-0.2, -0.15) is 17.5 Å². The maximum Gasteiger partial charge on any atom is 0.419 e. The van der Waals surface area contributed by atoms with E-state index >= 15 is 0 Å². The highest BCUT2D eigenvalue weighted by Crippen LogP contribution is 2.39. The van der Waals surface area contributed by atoms with Crippen LogP contribution in [0.5, 0.6) is 0 Å². The number of anilines is 1. The Labute approximate surface area is 202 Å². The van der Waals surface area contributed by atoms with Gasteiger partial charge in [-0.1, -0.05) is 24.3 Å². The molecule has 3 aromatic rings. The van der Waals surface area contributed by atoms with Crippen LogP contribution in [0.2, 0.25) is 0 Å². The number of fused-ring (bicyclic) bond motifs is 1. The summed E-state index contributed by atoms with van der Waals surface area (Å²) < 4.78 is 76.7. The van der Waals surface area contributed by atoms with Crippen molar-refractivity contribution in [2.24, 2.45) is 0 Å². The van der Waals surface area contributed by atoms with Gasteiger partial charge in [-0.05, 0) is 55.0 Å². The van der Waals surface area contributed by atoms with E-state index < -0.39 is 29.1 Å². The standard InChI is InChI=1S/C23H24F4N2O3S2/c1-3-32-21(30)9-6-12-28-34(31)29(22-15(2)17-7-4-5-8-20(17)33-22)14-16-10-11-19(24)18(13-16)23(25,26)27/h4-5,7-8,10-11,13,28H,3,6,9,12,14H2,1-2H3. The number of benzene rings is 2. The van der Waals surface area contributed by atoms with Crippen LogP contribution >= 0.6 is 11.3 Å². The van der Waals surface area contributed by atoms with Crippen LogP contribution < -0.4 is 9.03 Å². The number of alkyl halides is 3. The van der Waals surface area contributed by atoms with Crippen molar-refractivity contribution in [2.75, 3.05) is 17.5 Å². The molecule has 2 aromatic carbocycles. The Morgan fingerprint density at radius 2 is 1.97 bits per heavy atom. The predicted octanol–water partition coefficient (Wildman–Crippen LogP) is 5.89. The summed E-state index contributed by atoms with van der Waals surface area (Å²) >= 11 is -0.466. The zero-order chi connectivity index (χ0) is 24.9. The zero-order valence-corrected chi connectivity index (χ0v) is 20.2. The number of nitrogens with one attached hydrogen (secondary N) is 1. The molecule has 0 aliphatic rings. The van der Waals surface area contributed by atoms with Gasteiger partial charge in [0.05, 0.1) is 18.7 Å². The molecule has 0 aliphatic heterocycles. The van der Waals surface area contributed by atoms with Crippen LogP contribution in [0.15, 0.2) is 42.5 Å². The number of carbonyl (C=O) groups excluding carboxylic acids is 1. The van der Waals surface area contributed by atoms with Gasteiger partial charge >= 0.3 is 12.1 Å². The van der Waals surface area contributed by atoms with Gasteiger partial charge in [-0.15, -0.1) is 16.1 Å². The lowest BCUT2D eigenvalue weighted by molar-refractivity contribution is -0.143. The summed E-state index contributed by atoms with van der Waals surface area (Å²) in [5, 5.41) is 1.57. The van der Waals surface area contributed by atoms with E-state index in [4.69, 9.17) is 4.74 Å². The largest absolute Gasteiger partial charge is 0.573 e. The Morgan fingerprint density at radius 1 is 1.24 bits per heavy atom. The molecule has 1 atom stereocenters. The number of rotatable bonds is 10. The van der Waals surface area contributed by atoms with Crippen LogP contribution in [0, 0.1) is 12.7 Å². The lowest BCUT2D eigenvalue weighted by Gasteiger charge is -2.25. The van der Waals surface area contributed by atoms with E-state index in [2.05, 4.69) is 4.72 Å². The molecule has 0 fully saturated rings. The van der Waals surface area contributed by atoms with Crippen LogP contribution in [0.3, 0.4) is 0 Å². The molecule has 1 heterocycles. The number of carbonyl (C=O) groups is 1. The topological polar surface area (TPSA) is 64.6 Å². The van der Waals surface area contributed by atoms with E-state index in [0.717, 1.165) is 27.8 Å². The highest BCUT2D eigenvalue weighted by atomic mass is 32.2. The molecule has 0 aliphatic carbocycles. The van der Waals surface area contributed by atoms with E-state index in [9.17, 15) is 26.9 Å². The van der Waals surface area contributed by atoms with Gasteiger partial charge in [0, 0.05) is 17.7 Å². The van der Waals surface area contributed by atoms with E-state index in [1.165, 1.54) is 21.7 Å². The Kier molecular flexibility index (Phi) is 8.80. The number of esters is 1. The molecule has 34 heavy (non-hydrogen) atoms. The molecular formula is C23H24F4N2O3S2. The van der Waals surface area contributed by atoms with Crippen molar-refractivity contribution in [3.05, 3.63) is 65.0 Å². The minimum Gasteiger partial charge on any atom is -0.573 e. The third-order valence-corrected chi connectivity index (χ3v) is 7.57. The number of aryl methyl sites for hydroxylation is 1. The number of halogens is 4. The number of ether oxygens (including phenoxy) is 1. The first-order chi connectivity index (χ1) is 16.1. The monoisotopic (exact) mass is 516 g/mol. The third-order valence-electron chi connectivity index (χ3n) is 5.00. The van der Waals surface area contributed by atoms with Crippen LogP contribution in [0.25, 0.3) is 10.1 Å². The second-order valence-corrected chi connectivity index (χ2v) is 9.69. The average Bonchev–Trinajstić information content (AvgIpc) is 3.11. The third kappa shape index (κ3) is 6.41. The van der Waals surface area contributed by atoms with Gasteiger partial charge in [0.2, 0.25) is 0 Å². The zero-order valence-electron chi connectivity index (χ0n) is 18.6. The van der Waals surface area contributed by atoms with Crippen molar-refractivity contribution < 1.29 is 31.6 Å². The van der Waals surface area contributed by atoms with Gasteiger partial charge in [-0.25, -0.2) is 4.39 Å². The van der Waals surface area contributed by atoms with Gasteiger partial charge in [0.15, 0.2) is 11.5 Å². The molecule has 1 unspecified atom stereocenters. The Morgan fingerprint density at radius 3 is 2.65 bits per heavy atom. The first-order valence-corrected chi connectivity index (χ1v) is 12.5. The van der Waals surface area contributed by atoms with Crippen LogP contribution in [-0.4, -0.2) is 23.7 Å². The molecule has 1 aromatic heterocycles. The second kappa shape index (κ2) is 11.4. The number of nitrogens with zero attached hydrogens (tertiary/aromatic N) is 1. The summed E-state index contributed by atoms with van der Waals surface area (Å²) in [4.78, 5) is 11.5. The Bertz CT molecular complexity index is 1140. The smallest absolute Gasteiger partial charge is 0.419 e. The van der Waals surface area contributed by atoms with Crippen LogP contribution in [0.4, 0.5) is 22.6 Å². The van der Waals surface area contributed by atoms with Gasteiger partial charge in [0.25, 0.3) is 0 Å². The van der Waals surface area contributed by atoms with Crippen molar-refractivity contribution in [1.82, 2.24) is 4.72 Å². The van der Waals surface area contributed by atoms with Crippen molar-refractivity contribution in [3.63, 3.8) is 0 Å². The molecule has 1 N–H and O–H groups in total. The molecule has 0 saturated heterocycles. The molecule has 0 radical (unpaired) electrons. The molecule has 0 saturated carbocycles. The molecule has 184 valence electrons. The number of hydrogen-bond donors (Lipinski definition) is 1. The summed E-state index contributed by atoms with van der Waals surface area (Å²) in [5.74, 6) is -1.72. The SMILES string of the molecule is CCOC(=O)CCCN[S+]([O-])N(Cc1ccc(F)c(C(F)(F)F)c1)c1sc2ccccc2c1C. The normalized spacial score (nSPS) is 12.7. The molecule has 3 rings (SSSR count). The maximum absolute atomic E-state index is 13.8. The molecule has 0 amide bonds. The lowest BCUT2D eigenvalue weighted by Crippen LogP contribution is -2.41. The van der Waals surface area contributed by atoms with Crippen LogP contribution in [-0.2, 0) is 33.8 Å². The van der Waals surface area contributed by atoms with E-state index in [0.29, 0.717) is 11.4 Å². The summed E-state index contributed by atoms with van der Waals surface area (Å²) in [5.41, 5.74) is -0.376. The highest BCUT2D eigenvalue weighted by Gasteiger charge is 2.35. The first kappa shape index (κ1) is 26.3. The highest BCUT2D eigenvalue weighted by molar-refractivity contribution is 7.91. The molecule has 5 nitrogen and oxygen atoms in total. The molecule has 0 spiro atoms. The van der Waals surface area contributed by atoms with Crippen molar-refractivity contribution in [2.45, 2.75) is 39.4 Å². The molecular weight excluding hydrogens is 492 g/mol. The van der Waals surface area contributed by atoms with Crippen molar-refractivity contribution >= 4 is 43.9 Å². The summed E-state index contributed by atoms with van der Waals surface area (Å²) in [6.07, 6.45) is -4.33. The quantitative estimate of drug-likeness (QED) is 0.158. The van der Waals surface area contributed by atoms with E-state index in [1.807, 2.05) is 31.2 Å². The first-order valence-electron chi connectivity index (χ1n) is 10.5. The van der Waals surface area contributed by atoms with Crippen molar-refractivity contribution in [1.29, 1.82) is 0 Å². The summed E-state index contributed by atoms with van der Waals surface area (Å²) in [6, 6.07) is 10.3. The average molecular weight is 517 g/mol. The lowest BCUT2D eigenvalue weighted by atomic mass is 10.1. The maximum atomic E-state index is 13.8.